The second kappa shape index (κ2) is 4.25. The number of carbonyl (C=O) groups is 1. The number of carbonyl (C=O) groups excluding carboxylic acids is 1. The Balaban J connectivity index is 2.67. The Morgan fingerprint density at radius 1 is 1.50 bits per heavy atom. The summed E-state index contributed by atoms with van der Waals surface area (Å²) >= 11 is 0. The molecule has 82 valence electrons. The van der Waals surface area contributed by atoms with Crippen LogP contribution in [0, 0.1) is 0 Å². The lowest BCUT2D eigenvalue weighted by Crippen LogP contribution is -2.62. The third-order valence-corrected chi connectivity index (χ3v) is 2.85. The Labute approximate surface area is 84.1 Å². The highest BCUT2D eigenvalue weighted by Crippen LogP contribution is 2.25. The SMILES string of the molecule is COC1(OC)CCN(C(C)=O)CC1N. The van der Waals surface area contributed by atoms with Crippen LogP contribution in [-0.4, -0.2) is 49.9 Å². The van der Waals surface area contributed by atoms with Crippen LogP contribution in [0.5, 0.6) is 0 Å². The van der Waals surface area contributed by atoms with E-state index in [2.05, 4.69) is 0 Å². The van der Waals surface area contributed by atoms with Gasteiger partial charge < -0.3 is 20.1 Å². The topological polar surface area (TPSA) is 64.8 Å². The van der Waals surface area contributed by atoms with Gasteiger partial charge in [0, 0.05) is 40.7 Å². The van der Waals surface area contributed by atoms with Crippen molar-refractivity contribution in [1.29, 1.82) is 0 Å². The van der Waals surface area contributed by atoms with Gasteiger partial charge in [-0.05, 0) is 0 Å². The zero-order valence-electron chi connectivity index (χ0n) is 8.95. The predicted molar refractivity (Wildman–Crippen MR) is 51.6 cm³/mol. The number of likely N-dealkylation sites (tertiary alicyclic amines) is 1. The average molecular weight is 202 g/mol. The minimum Gasteiger partial charge on any atom is -0.352 e. The van der Waals surface area contributed by atoms with E-state index in [9.17, 15) is 4.79 Å². The molecule has 1 amide bonds. The maximum atomic E-state index is 11.1. The van der Waals surface area contributed by atoms with E-state index in [0.717, 1.165) is 0 Å². The summed E-state index contributed by atoms with van der Waals surface area (Å²) in [6.07, 6.45) is 0.612. The Bertz CT molecular complexity index is 216. The summed E-state index contributed by atoms with van der Waals surface area (Å²) in [6, 6.07) is -0.296. The third kappa shape index (κ3) is 1.89. The number of piperidine rings is 1. The first-order valence-electron chi connectivity index (χ1n) is 4.67. The molecular weight excluding hydrogens is 184 g/mol. The Kier molecular flexibility index (Phi) is 3.47. The number of nitrogens with two attached hydrogens (primary N) is 1. The zero-order valence-corrected chi connectivity index (χ0v) is 8.95. The highest BCUT2D eigenvalue weighted by molar-refractivity contribution is 5.73. The lowest BCUT2D eigenvalue weighted by molar-refractivity contribution is -0.238. The normalized spacial score (nSPS) is 26.3. The molecule has 0 aromatic heterocycles. The van der Waals surface area contributed by atoms with E-state index in [1.165, 1.54) is 0 Å². The second-order valence-electron chi connectivity index (χ2n) is 3.54. The summed E-state index contributed by atoms with van der Waals surface area (Å²) < 4.78 is 10.6. The van der Waals surface area contributed by atoms with Crippen molar-refractivity contribution in [2.24, 2.45) is 5.73 Å². The number of hydrogen-bond acceptors (Lipinski definition) is 4. The molecule has 1 unspecified atom stereocenters. The molecule has 0 aliphatic carbocycles. The molecule has 1 heterocycles. The summed E-state index contributed by atoms with van der Waals surface area (Å²) in [5, 5.41) is 0. The fourth-order valence-electron chi connectivity index (χ4n) is 1.82. The molecule has 1 fully saturated rings. The van der Waals surface area contributed by atoms with E-state index >= 15 is 0 Å². The van der Waals surface area contributed by atoms with E-state index < -0.39 is 5.79 Å². The number of nitrogens with zero attached hydrogens (tertiary/aromatic N) is 1. The van der Waals surface area contributed by atoms with Gasteiger partial charge in [-0.3, -0.25) is 4.79 Å². The molecule has 0 radical (unpaired) electrons. The largest absolute Gasteiger partial charge is 0.352 e. The van der Waals surface area contributed by atoms with Crippen LogP contribution in [-0.2, 0) is 14.3 Å². The van der Waals surface area contributed by atoms with Crippen molar-refractivity contribution in [2.45, 2.75) is 25.2 Å². The molecule has 1 aliphatic heterocycles. The van der Waals surface area contributed by atoms with Gasteiger partial charge in [-0.2, -0.15) is 0 Å². The minimum atomic E-state index is -0.730. The molecule has 0 saturated carbocycles. The molecule has 1 atom stereocenters. The van der Waals surface area contributed by atoms with E-state index in [4.69, 9.17) is 15.2 Å². The van der Waals surface area contributed by atoms with Gasteiger partial charge in [-0.1, -0.05) is 0 Å². The van der Waals surface area contributed by atoms with Crippen molar-refractivity contribution >= 4 is 5.91 Å². The molecule has 1 saturated heterocycles. The van der Waals surface area contributed by atoms with Gasteiger partial charge >= 0.3 is 0 Å². The zero-order chi connectivity index (χ0) is 10.8. The summed E-state index contributed by atoms with van der Waals surface area (Å²) in [6.45, 7) is 2.65. The molecule has 2 N–H and O–H groups in total. The highest BCUT2D eigenvalue weighted by atomic mass is 16.7. The van der Waals surface area contributed by atoms with Crippen LogP contribution in [0.15, 0.2) is 0 Å². The van der Waals surface area contributed by atoms with Crippen LogP contribution < -0.4 is 5.73 Å². The van der Waals surface area contributed by atoms with Crippen LogP contribution in [0.4, 0.5) is 0 Å². The van der Waals surface area contributed by atoms with Crippen LogP contribution in [0.25, 0.3) is 0 Å². The molecule has 0 spiro atoms. The lowest BCUT2D eigenvalue weighted by Gasteiger charge is -2.43. The fourth-order valence-corrected chi connectivity index (χ4v) is 1.82. The quantitative estimate of drug-likeness (QED) is 0.616. The van der Waals surface area contributed by atoms with Gasteiger partial charge in [0.2, 0.25) is 5.91 Å². The minimum absolute atomic E-state index is 0.0428. The Morgan fingerprint density at radius 3 is 2.43 bits per heavy atom. The Morgan fingerprint density at radius 2 is 2.07 bits per heavy atom. The summed E-state index contributed by atoms with van der Waals surface area (Å²) in [4.78, 5) is 12.8. The molecule has 1 rings (SSSR count). The first kappa shape index (κ1) is 11.4. The molecular formula is C9H18N2O3. The summed E-state index contributed by atoms with van der Waals surface area (Å²) in [5.74, 6) is -0.687. The van der Waals surface area contributed by atoms with Gasteiger partial charge in [-0.25, -0.2) is 0 Å². The molecule has 5 heteroatoms. The van der Waals surface area contributed by atoms with Gasteiger partial charge in [0.05, 0.1) is 6.04 Å². The molecule has 14 heavy (non-hydrogen) atoms. The van der Waals surface area contributed by atoms with Crippen LogP contribution in [0.2, 0.25) is 0 Å². The van der Waals surface area contributed by atoms with Crippen molar-refractivity contribution in [3.8, 4) is 0 Å². The first-order valence-corrected chi connectivity index (χ1v) is 4.67. The van der Waals surface area contributed by atoms with Crippen molar-refractivity contribution in [2.75, 3.05) is 27.3 Å². The smallest absolute Gasteiger partial charge is 0.219 e. The van der Waals surface area contributed by atoms with Gasteiger partial charge in [0.1, 0.15) is 0 Å². The van der Waals surface area contributed by atoms with E-state index in [1.54, 1.807) is 26.0 Å². The van der Waals surface area contributed by atoms with Crippen molar-refractivity contribution in [1.82, 2.24) is 4.90 Å². The number of amides is 1. The number of hydrogen-bond donors (Lipinski definition) is 1. The molecule has 0 aromatic carbocycles. The van der Waals surface area contributed by atoms with Crippen molar-refractivity contribution < 1.29 is 14.3 Å². The summed E-state index contributed by atoms with van der Waals surface area (Å²) in [7, 11) is 3.15. The van der Waals surface area contributed by atoms with Gasteiger partial charge in [-0.15, -0.1) is 0 Å². The van der Waals surface area contributed by atoms with Crippen LogP contribution in [0.3, 0.4) is 0 Å². The van der Waals surface area contributed by atoms with E-state index in [-0.39, 0.29) is 11.9 Å². The van der Waals surface area contributed by atoms with Crippen LogP contribution >= 0.6 is 0 Å². The van der Waals surface area contributed by atoms with Gasteiger partial charge in [0.15, 0.2) is 5.79 Å². The molecule has 0 aromatic rings. The highest BCUT2D eigenvalue weighted by Gasteiger charge is 2.42. The lowest BCUT2D eigenvalue weighted by atomic mass is 9.98. The Hall–Kier alpha value is -0.650. The number of rotatable bonds is 2. The number of methoxy groups -OCH3 is 2. The van der Waals surface area contributed by atoms with Gasteiger partial charge in [0.25, 0.3) is 0 Å². The fraction of sp³-hybridized carbons (Fsp3) is 0.889. The van der Waals surface area contributed by atoms with E-state index in [1.807, 2.05) is 0 Å². The van der Waals surface area contributed by atoms with Crippen molar-refractivity contribution in [3.05, 3.63) is 0 Å². The first-order chi connectivity index (χ1) is 6.55. The maximum absolute atomic E-state index is 11.1. The molecule has 5 nitrogen and oxygen atoms in total. The third-order valence-electron chi connectivity index (χ3n) is 2.85. The molecule has 1 aliphatic rings. The van der Waals surface area contributed by atoms with Crippen LogP contribution in [0.1, 0.15) is 13.3 Å². The monoisotopic (exact) mass is 202 g/mol. The average Bonchev–Trinajstić information content (AvgIpc) is 2.18. The summed E-state index contributed by atoms with van der Waals surface area (Å²) in [5.41, 5.74) is 5.92. The second-order valence-corrected chi connectivity index (χ2v) is 3.54. The van der Waals surface area contributed by atoms with E-state index in [0.29, 0.717) is 19.5 Å². The maximum Gasteiger partial charge on any atom is 0.219 e. The molecule has 0 bridgehead atoms. The predicted octanol–water partition coefficient (Wildman–Crippen LogP) is -0.445. The standard InChI is InChI=1S/C9H18N2O3/c1-7(12)11-5-4-9(13-2,14-3)8(10)6-11/h8H,4-6,10H2,1-3H3. The van der Waals surface area contributed by atoms with Crippen molar-refractivity contribution in [3.63, 3.8) is 0 Å². The number of ether oxygens (including phenoxy) is 2.